The Kier molecular flexibility index (Phi) is 2.83. The summed E-state index contributed by atoms with van der Waals surface area (Å²) >= 11 is 0. The van der Waals surface area contributed by atoms with E-state index in [1.807, 2.05) is 31.2 Å². The molecule has 0 atom stereocenters. The summed E-state index contributed by atoms with van der Waals surface area (Å²) in [7, 11) is 4.86. The van der Waals surface area contributed by atoms with E-state index in [2.05, 4.69) is 5.10 Å². The lowest BCUT2D eigenvalue weighted by molar-refractivity contribution is 0.682. The molecule has 0 aliphatic heterocycles. The van der Waals surface area contributed by atoms with E-state index in [4.69, 9.17) is 0 Å². The Labute approximate surface area is 120 Å². The first-order valence-corrected chi connectivity index (χ1v) is 6.61. The van der Waals surface area contributed by atoms with Crippen LogP contribution in [0.25, 0.3) is 22.3 Å². The first-order valence-electron chi connectivity index (χ1n) is 6.61. The molecule has 3 aromatic rings. The number of hydrogen-bond donors (Lipinski definition) is 0. The van der Waals surface area contributed by atoms with Crippen LogP contribution in [0.15, 0.2) is 33.9 Å². The molecule has 0 N–H and O–H groups in total. The van der Waals surface area contributed by atoms with Crippen molar-refractivity contribution in [2.75, 3.05) is 0 Å². The number of rotatable bonds is 1. The smallest absolute Gasteiger partial charge is 0.281 e. The van der Waals surface area contributed by atoms with Crippen LogP contribution in [-0.2, 0) is 21.1 Å². The maximum atomic E-state index is 12.5. The van der Waals surface area contributed by atoms with Crippen LogP contribution < -0.4 is 11.2 Å². The lowest BCUT2D eigenvalue weighted by Crippen LogP contribution is -2.37. The van der Waals surface area contributed by atoms with E-state index in [0.29, 0.717) is 16.7 Å². The van der Waals surface area contributed by atoms with Gasteiger partial charge in [0.2, 0.25) is 0 Å². The quantitative estimate of drug-likeness (QED) is 0.668. The van der Waals surface area contributed by atoms with Gasteiger partial charge >= 0.3 is 5.69 Å². The summed E-state index contributed by atoms with van der Waals surface area (Å²) in [5.74, 6) is 0. The van der Waals surface area contributed by atoms with E-state index < -0.39 is 0 Å². The Morgan fingerprint density at radius 3 is 2.19 bits per heavy atom. The number of aryl methyl sites for hydroxylation is 3. The highest BCUT2D eigenvalue weighted by atomic mass is 16.2. The molecular weight excluding hydrogens is 268 g/mol. The van der Waals surface area contributed by atoms with E-state index in [1.54, 1.807) is 18.8 Å². The van der Waals surface area contributed by atoms with E-state index >= 15 is 0 Å². The summed E-state index contributed by atoms with van der Waals surface area (Å²) in [6.07, 6.45) is 0. The highest BCUT2D eigenvalue weighted by Gasteiger charge is 2.19. The van der Waals surface area contributed by atoms with Gasteiger partial charge in [-0.3, -0.25) is 18.6 Å². The van der Waals surface area contributed by atoms with Gasteiger partial charge in [-0.15, -0.1) is 0 Å². The van der Waals surface area contributed by atoms with Gasteiger partial charge in [-0.05, 0) is 6.92 Å². The molecule has 0 saturated carbocycles. The highest BCUT2D eigenvalue weighted by molar-refractivity contribution is 5.90. The molecule has 0 aliphatic rings. The second-order valence-corrected chi connectivity index (χ2v) is 5.24. The first kappa shape index (κ1) is 13.4. The molecule has 1 aromatic carbocycles. The van der Waals surface area contributed by atoms with Crippen molar-refractivity contribution in [3.63, 3.8) is 0 Å². The third kappa shape index (κ3) is 1.83. The van der Waals surface area contributed by atoms with Gasteiger partial charge in [0.1, 0.15) is 16.7 Å². The van der Waals surface area contributed by atoms with Crippen LogP contribution in [0.5, 0.6) is 0 Å². The number of nitrogens with zero attached hydrogens (tertiary/aromatic N) is 4. The van der Waals surface area contributed by atoms with Gasteiger partial charge in [0.05, 0.1) is 0 Å². The van der Waals surface area contributed by atoms with Crippen molar-refractivity contribution in [1.82, 2.24) is 18.9 Å². The number of aromatic nitrogens is 4. The van der Waals surface area contributed by atoms with Crippen LogP contribution in [0.4, 0.5) is 0 Å². The summed E-state index contributed by atoms with van der Waals surface area (Å²) in [6.45, 7) is 2.00. The Morgan fingerprint density at radius 2 is 1.57 bits per heavy atom. The number of benzene rings is 1. The average Bonchev–Trinajstić information content (AvgIpc) is 2.81. The van der Waals surface area contributed by atoms with Crippen LogP contribution in [0.1, 0.15) is 5.56 Å². The van der Waals surface area contributed by atoms with Crippen molar-refractivity contribution < 1.29 is 0 Å². The fraction of sp³-hybridized carbons (Fsp3) is 0.267. The number of hydrogen-bond acceptors (Lipinski definition) is 3. The molecule has 6 nitrogen and oxygen atoms in total. The summed E-state index contributed by atoms with van der Waals surface area (Å²) in [5, 5.41) is 4.90. The maximum absolute atomic E-state index is 12.5. The van der Waals surface area contributed by atoms with Crippen molar-refractivity contribution in [2.24, 2.45) is 21.1 Å². The molecule has 0 bridgehead atoms. The molecule has 2 aromatic heterocycles. The van der Waals surface area contributed by atoms with Crippen molar-refractivity contribution >= 4 is 11.0 Å². The van der Waals surface area contributed by atoms with E-state index in [1.165, 1.54) is 11.6 Å². The van der Waals surface area contributed by atoms with Crippen molar-refractivity contribution in [1.29, 1.82) is 0 Å². The zero-order chi connectivity index (χ0) is 15.3. The predicted octanol–water partition coefficient (Wildman–Crippen LogP) is 0.946. The van der Waals surface area contributed by atoms with Crippen molar-refractivity contribution in [2.45, 2.75) is 6.92 Å². The molecule has 0 spiro atoms. The van der Waals surface area contributed by atoms with Crippen LogP contribution in [0, 0.1) is 6.92 Å². The molecule has 0 amide bonds. The minimum atomic E-state index is -0.356. The molecule has 3 rings (SSSR count). The monoisotopic (exact) mass is 284 g/mol. The Balaban J connectivity index is 2.49. The van der Waals surface area contributed by atoms with Crippen molar-refractivity contribution in [3.05, 3.63) is 50.7 Å². The summed E-state index contributed by atoms with van der Waals surface area (Å²) in [4.78, 5) is 24.5. The molecule has 21 heavy (non-hydrogen) atoms. The molecule has 6 heteroatoms. The Morgan fingerprint density at radius 1 is 0.952 bits per heavy atom. The number of fused-ring (bicyclic) bond motifs is 1. The van der Waals surface area contributed by atoms with Crippen LogP contribution >= 0.6 is 0 Å². The second-order valence-electron chi connectivity index (χ2n) is 5.24. The van der Waals surface area contributed by atoms with Crippen LogP contribution in [-0.4, -0.2) is 18.9 Å². The average molecular weight is 284 g/mol. The van der Waals surface area contributed by atoms with Gasteiger partial charge in [0.15, 0.2) is 0 Å². The molecule has 0 aliphatic carbocycles. The minimum absolute atomic E-state index is 0.322. The highest BCUT2D eigenvalue weighted by Crippen LogP contribution is 2.24. The predicted molar refractivity (Wildman–Crippen MR) is 81.4 cm³/mol. The van der Waals surface area contributed by atoms with Gasteiger partial charge in [-0.25, -0.2) is 4.79 Å². The third-order valence-electron chi connectivity index (χ3n) is 3.75. The van der Waals surface area contributed by atoms with Crippen molar-refractivity contribution in [3.8, 4) is 11.3 Å². The fourth-order valence-electron chi connectivity index (χ4n) is 2.58. The third-order valence-corrected chi connectivity index (χ3v) is 3.75. The van der Waals surface area contributed by atoms with E-state index in [9.17, 15) is 9.59 Å². The Bertz CT molecular complexity index is 958. The van der Waals surface area contributed by atoms with Gasteiger partial charge in [0.25, 0.3) is 5.56 Å². The van der Waals surface area contributed by atoms with E-state index in [-0.39, 0.29) is 11.2 Å². The largest absolute Gasteiger partial charge is 0.332 e. The fourth-order valence-corrected chi connectivity index (χ4v) is 2.58. The van der Waals surface area contributed by atoms with Crippen LogP contribution in [0.3, 0.4) is 0 Å². The van der Waals surface area contributed by atoms with Gasteiger partial charge in [0, 0.05) is 26.7 Å². The topological polar surface area (TPSA) is 61.8 Å². The molecule has 0 unspecified atom stereocenters. The summed E-state index contributed by atoms with van der Waals surface area (Å²) in [6, 6.07) is 7.81. The van der Waals surface area contributed by atoms with Gasteiger partial charge < -0.3 is 0 Å². The van der Waals surface area contributed by atoms with Gasteiger partial charge in [-0.2, -0.15) is 5.10 Å². The molecular formula is C15H16N4O2. The lowest BCUT2D eigenvalue weighted by Gasteiger charge is -2.05. The standard InChI is InChI=1S/C15H16N4O2/c1-9-5-7-10(8-6-9)12-11-13(19(4)16-12)17(2)15(21)18(3)14(11)20/h5-8H,1-4H3. The summed E-state index contributed by atoms with van der Waals surface area (Å²) in [5.41, 5.74) is 2.45. The zero-order valence-corrected chi connectivity index (χ0v) is 12.4. The first-order chi connectivity index (χ1) is 9.91. The molecule has 0 fully saturated rings. The second kappa shape index (κ2) is 4.44. The molecule has 0 saturated heterocycles. The normalized spacial score (nSPS) is 11.2. The van der Waals surface area contributed by atoms with E-state index in [0.717, 1.165) is 15.7 Å². The molecule has 2 heterocycles. The maximum Gasteiger partial charge on any atom is 0.332 e. The SMILES string of the molecule is Cc1ccc(-c2nn(C)c3c2c(=O)n(C)c(=O)n3C)cc1. The molecule has 108 valence electrons. The lowest BCUT2D eigenvalue weighted by atomic mass is 10.1. The van der Waals surface area contributed by atoms with Gasteiger partial charge in [-0.1, -0.05) is 29.8 Å². The zero-order valence-electron chi connectivity index (χ0n) is 12.4. The molecule has 0 radical (unpaired) electrons. The summed E-state index contributed by atoms with van der Waals surface area (Å²) < 4.78 is 4.14. The Hall–Kier alpha value is -2.63. The minimum Gasteiger partial charge on any atom is -0.281 e. The van der Waals surface area contributed by atoms with Crippen LogP contribution in [0.2, 0.25) is 0 Å².